The summed E-state index contributed by atoms with van der Waals surface area (Å²) in [6.07, 6.45) is -0.121. The van der Waals surface area contributed by atoms with Crippen LogP contribution in [0.3, 0.4) is 0 Å². The van der Waals surface area contributed by atoms with Gasteiger partial charge in [-0.15, -0.1) is 0 Å². The Labute approximate surface area is 99.5 Å². The maximum Gasteiger partial charge on any atom is 0.311 e. The summed E-state index contributed by atoms with van der Waals surface area (Å²) in [5, 5.41) is 10.9. The first-order valence-electron chi connectivity index (χ1n) is 5.21. The van der Waals surface area contributed by atoms with Crippen molar-refractivity contribution in [1.29, 1.82) is 0 Å². The molecule has 0 aromatic heterocycles. The lowest BCUT2D eigenvalue weighted by Crippen LogP contribution is -2.16. The Hall–Kier alpha value is -1.66. The lowest BCUT2D eigenvalue weighted by Gasteiger charge is -2.11. The summed E-state index contributed by atoms with van der Waals surface area (Å²) < 4.78 is 10.3. The fraction of sp³-hybridized carbons (Fsp3) is 0.455. The number of methoxy groups -OCH3 is 1. The number of benzene rings is 1. The zero-order chi connectivity index (χ0) is 12.8. The van der Waals surface area contributed by atoms with Crippen molar-refractivity contribution in [1.82, 2.24) is 0 Å². The van der Waals surface area contributed by atoms with Crippen LogP contribution >= 0.6 is 0 Å². The first-order chi connectivity index (χ1) is 8.08. The summed E-state index contributed by atoms with van der Waals surface area (Å²) >= 11 is 0. The van der Waals surface area contributed by atoms with E-state index in [0.717, 1.165) is 0 Å². The molecule has 2 N–H and O–H groups in total. The number of hydrogen-bond donors (Lipinski definition) is 1. The molecular formula is C11H16N2O4. The van der Waals surface area contributed by atoms with Crippen molar-refractivity contribution in [2.24, 2.45) is 5.73 Å². The van der Waals surface area contributed by atoms with Gasteiger partial charge in [-0.25, -0.2) is 0 Å². The van der Waals surface area contributed by atoms with Crippen LogP contribution in [0, 0.1) is 10.1 Å². The summed E-state index contributed by atoms with van der Waals surface area (Å²) in [5.74, 6) is 0.233. The second-order valence-corrected chi connectivity index (χ2v) is 3.62. The molecule has 0 bridgehead atoms. The van der Waals surface area contributed by atoms with Gasteiger partial charge in [-0.2, -0.15) is 0 Å². The maximum atomic E-state index is 10.9. The summed E-state index contributed by atoms with van der Waals surface area (Å²) in [6.45, 7) is 2.34. The average molecular weight is 240 g/mol. The molecule has 0 aliphatic heterocycles. The number of nitrogens with zero attached hydrogens (tertiary/aromatic N) is 1. The van der Waals surface area contributed by atoms with Crippen molar-refractivity contribution >= 4 is 5.69 Å². The van der Waals surface area contributed by atoms with E-state index in [0.29, 0.717) is 5.56 Å². The van der Waals surface area contributed by atoms with Gasteiger partial charge in [-0.1, -0.05) is 6.07 Å². The number of rotatable bonds is 6. The molecule has 0 heterocycles. The zero-order valence-corrected chi connectivity index (χ0v) is 9.88. The van der Waals surface area contributed by atoms with Gasteiger partial charge < -0.3 is 15.2 Å². The van der Waals surface area contributed by atoms with Crippen LogP contribution in [-0.2, 0) is 11.3 Å². The minimum atomic E-state index is -0.480. The van der Waals surface area contributed by atoms with Crippen LogP contribution in [-0.4, -0.2) is 24.7 Å². The van der Waals surface area contributed by atoms with Crippen molar-refractivity contribution in [3.63, 3.8) is 0 Å². The highest BCUT2D eigenvalue weighted by molar-refractivity contribution is 5.48. The highest BCUT2D eigenvalue weighted by Crippen LogP contribution is 2.28. The van der Waals surface area contributed by atoms with E-state index in [1.54, 1.807) is 19.2 Å². The van der Waals surface area contributed by atoms with Crippen LogP contribution in [0.2, 0.25) is 0 Å². The van der Waals surface area contributed by atoms with Crippen molar-refractivity contribution in [2.75, 3.05) is 13.7 Å². The third-order valence-corrected chi connectivity index (χ3v) is 2.33. The minimum Gasteiger partial charge on any atom is -0.484 e. The molecular weight excluding hydrogens is 224 g/mol. The molecule has 0 aliphatic rings. The summed E-state index contributed by atoms with van der Waals surface area (Å²) in [5.41, 5.74) is 6.05. The van der Waals surface area contributed by atoms with Gasteiger partial charge in [0, 0.05) is 19.7 Å². The lowest BCUT2D eigenvalue weighted by atomic mass is 10.2. The van der Waals surface area contributed by atoms with E-state index in [4.69, 9.17) is 15.2 Å². The number of nitro groups is 1. The van der Waals surface area contributed by atoms with Crippen molar-refractivity contribution in [3.05, 3.63) is 33.9 Å². The Morgan fingerprint density at radius 3 is 2.76 bits per heavy atom. The maximum absolute atomic E-state index is 10.9. The Kier molecular flexibility index (Phi) is 4.86. The fourth-order valence-corrected chi connectivity index (χ4v) is 1.23. The van der Waals surface area contributed by atoms with Gasteiger partial charge in [-0.3, -0.25) is 10.1 Å². The van der Waals surface area contributed by atoms with Gasteiger partial charge in [0.2, 0.25) is 0 Å². The standard InChI is InChI=1S/C11H16N2O4/c1-8(16-2)7-17-11-4-3-9(6-12)5-10(11)13(14)15/h3-5,8H,6-7,12H2,1-2H3. The Bertz CT molecular complexity index is 395. The normalized spacial score (nSPS) is 12.2. The molecule has 6 heteroatoms. The predicted octanol–water partition coefficient (Wildman–Crippen LogP) is 1.47. The van der Waals surface area contributed by atoms with E-state index >= 15 is 0 Å². The molecule has 1 unspecified atom stereocenters. The van der Waals surface area contributed by atoms with Gasteiger partial charge >= 0.3 is 5.69 Å². The molecule has 1 aromatic carbocycles. The predicted molar refractivity (Wildman–Crippen MR) is 63.0 cm³/mol. The smallest absolute Gasteiger partial charge is 0.311 e. The molecule has 0 amide bonds. The van der Waals surface area contributed by atoms with E-state index in [-0.39, 0.29) is 30.7 Å². The van der Waals surface area contributed by atoms with Crippen molar-refractivity contribution in [2.45, 2.75) is 19.6 Å². The molecule has 0 saturated heterocycles. The molecule has 0 spiro atoms. The van der Waals surface area contributed by atoms with Gasteiger partial charge in [0.25, 0.3) is 0 Å². The molecule has 0 saturated carbocycles. The third-order valence-electron chi connectivity index (χ3n) is 2.33. The lowest BCUT2D eigenvalue weighted by molar-refractivity contribution is -0.386. The van der Waals surface area contributed by atoms with E-state index in [9.17, 15) is 10.1 Å². The third kappa shape index (κ3) is 3.69. The van der Waals surface area contributed by atoms with Gasteiger partial charge in [-0.05, 0) is 18.6 Å². The van der Waals surface area contributed by atoms with Crippen LogP contribution in [0.25, 0.3) is 0 Å². The van der Waals surface area contributed by atoms with Gasteiger partial charge in [0.1, 0.15) is 6.61 Å². The topological polar surface area (TPSA) is 87.6 Å². The molecule has 17 heavy (non-hydrogen) atoms. The van der Waals surface area contributed by atoms with Crippen LogP contribution < -0.4 is 10.5 Å². The second kappa shape index (κ2) is 6.17. The summed E-state index contributed by atoms with van der Waals surface area (Å²) in [7, 11) is 1.56. The van der Waals surface area contributed by atoms with Gasteiger partial charge in [0.15, 0.2) is 5.75 Å². The van der Waals surface area contributed by atoms with Crippen molar-refractivity contribution < 1.29 is 14.4 Å². The van der Waals surface area contributed by atoms with Gasteiger partial charge in [0.05, 0.1) is 11.0 Å². The molecule has 0 radical (unpaired) electrons. The van der Waals surface area contributed by atoms with E-state index in [1.807, 2.05) is 6.92 Å². The molecule has 1 rings (SSSR count). The zero-order valence-electron chi connectivity index (χ0n) is 9.88. The fourth-order valence-electron chi connectivity index (χ4n) is 1.23. The average Bonchev–Trinajstić information content (AvgIpc) is 2.35. The number of hydrogen-bond acceptors (Lipinski definition) is 5. The monoisotopic (exact) mass is 240 g/mol. The molecule has 1 aromatic rings. The first-order valence-corrected chi connectivity index (χ1v) is 5.21. The highest BCUT2D eigenvalue weighted by Gasteiger charge is 2.16. The molecule has 94 valence electrons. The highest BCUT2D eigenvalue weighted by atomic mass is 16.6. The quantitative estimate of drug-likeness (QED) is 0.600. The van der Waals surface area contributed by atoms with Crippen LogP contribution in [0.1, 0.15) is 12.5 Å². The van der Waals surface area contributed by atoms with Crippen LogP contribution in [0.5, 0.6) is 5.75 Å². The summed E-state index contributed by atoms with van der Waals surface area (Å²) in [4.78, 5) is 10.4. The molecule has 6 nitrogen and oxygen atoms in total. The summed E-state index contributed by atoms with van der Waals surface area (Å²) in [6, 6.07) is 4.69. The Morgan fingerprint density at radius 2 is 2.24 bits per heavy atom. The van der Waals surface area contributed by atoms with Crippen LogP contribution in [0.15, 0.2) is 18.2 Å². The Morgan fingerprint density at radius 1 is 1.53 bits per heavy atom. The van der Waals surface area contributed by atoms with E-state index < -0.39 is 4.92 Å². The molecule has 0 fully saturated rings. The van der Waals surface area contributed by atoms with E-state index in [1.165, 1.54) is 6.07 Å². The van der Waals surface area contributed by atoms with Crippen molar-refractivity contribution in [3.8, 4) is 5.75 Å². The molecule has 0 aliphatic carbocycles. The largest absolute Gasteiger partial charge is 0.484 e. The second-order valence-electron chi connectivity index (χ2n) is 3.62. The number of nitrogens with two attached hydrogens (primary N) is 1. The Balaban J connectivity index is 2.87. The SMILES string of the molecule is COC(C)COc1ccc(CN)cc1[N+](=O)[O-]. The van der Waals surface area contributed by atoms with E-state index in [2.05, 4.69) is 0 Å². The number of ether oxygens (including phenoxy) is 2. The van der Waals surface area contributed by atoms with Crippen LogP contribution in [0.4, 0.5) is 5.69 Å². The molecule has 1 atom stereocenters. The first kappa shape index (κ1) is 13.4. The number of nitro benzene ring substituents is 1. The minimum absolute atomic E-state index is 0.0729.